The molecule has 0 aromatic heterocycles. The lowest BCUT2D eigenvalue weighted by Crippen LogP contribution is -2.47. The molecule has 0 aliphatic heterocycles. The fraction of sp³-hybridized carbons (Fsp3) is 0.538. The molecule has 4 N–H and O–H groups in total. The molecular formula is C13H22N4O4S. The first-order chi connectivity index (χ1) is 10.0. The molecule has 22 heavy (non-hydrogen) atoms. The minimum Gasteiger partial charge on any atom is -0.378 e. The van der Waals surface area contributed by atoms with Crippen molar-refractivity contribution < 1.29 is 13.3 Å². The Bertz CT molecular complexity index is 656. The second-order valence-corrected chi connectivity index (χ2v) is 7.54. The van der Waals surface area contributed by atoms with Crippen molar-refractivity contribution in [1.82, 2.24) is 4.72 Å². The summed E-state index contributed by atoms with van der Waals surface area (Å²) >= 11 is 0. The number of rotatable bonds is 7. The van der Waals surface area contributed by atoms with Crippen molar-refractivity contribution in [2.24, 2.45) is 11.7 Å². The van der Waals surface area contributed by atoms with E-state index in [1.54, 1.807) is 0 Å². The van der Waals surface area contributed by atoms with E-state index in [0.717, 1.165) is 6.07 Å². The van der Waals surface area contributed by atoms with Crippen LogP contribution in [0.2, 0.25) is 0 Å². The van der Waals surface area contributed by atoms with Gasteiger partial charge in [-0.2, -0.15) is 0 Å². The molecule has 0 spiro atoms. The summed E-state index contributed by atoms with van der Waals surface area (Å²) in [5.41, 5.74) is 5.49. The van der Waals surface area contributed by atoms with Crippen molar-refractivity contribution in [3.8, 4) is 0 Å². The Labute approximate surface area is 130 Å². The van der Waals surface area contributed by atoms with E-state index in [4.69, 9.17) is 5.73 Å². The summed E-state index contributed by atoms with van der Waals surface area (Å²) in [7, 11) is -2.49. The highest BCUT2D eigenvalue weighted by molar-refractivity contribution is 7.89. The van der Waals surface area contributed by atoms with Gasteiger partial charge in [-0.15, -0.1) is 0 Å². The van der Waals surface area contributed by atoms with E-state index in [2.05, 4.69) is 10.0 Å². The van der Waals surface area contributed by atoms with Gasteiger partial charge in [-0.1, -0.05) is 13.8 Å². The second kappa shape index (κ2) is 6.59. The van der Waals surface area contributed by atoms with Crippen LogP contribution in [0.1, 0.15) is 20.8 Å². The van der Waals surface area contributed by atoms with Crippen molar-refractivity contribution in [2.75, 3.05) is 18.9 Å². The zero-order chi connectivity index (χ0) is 17.1. The van der Waals surface area contributed by atoms with Crippen LogP contribution in [0.4, 0.5) is 11.4 Å². The number of hydrogen-bond acceptors (Lipinski definition) is 6. The molecule has 0 unspecified atom stereocenters. The average molecular weight is 330 g/mol. The number of benzene rings is 1. The van der Waals surface area contributed by atoms with Gasteiger partial charge in [-0.3, -0.25) is 10.1 Å². The normalized spacial score (nSPS) is 14.6. The average Bonchev–Trinajstić information content (AvgIpc) is 2.44. The molecule has 0 saturated carbocycles. The molecular weight excluding hydrogens is 308 g/mol. The minimum absolute atomic E-state index is 0.161. The molecule has 0 bridgehead atoms. The smallest absolute Gasteiger partial charge is 0.293 e. The lowest BCUT2D eigenvalue weighted by molar-refractivity contribution is -0.384. The molecule has 1 rings (SSSR count). The maximum atomic E-state index is 11.7. The first kappa shape index (κ1) is 18.3. The number of hydrogen-bond donors (Lipinski definition) is 3. The Morgan fingerprint density at radius 2 is 2.00 bits per heavy atom. The summed E-state index contributed by atoms with van der Waals surface area (Å²) < 4.78 is 25.6. The zero-order valence-electron chi connectivity index (χ0n) is 13.1. The summed E-state index contributed by atoms with van der Waals surface area (Å²) in [6.07, 6.45) is 0. The molecule has 0 heterocycles. The van der Waals surface area contributed by atoms with Crippen molar-refractivity contribution in [3.63, 3.8) is 0 Å². The van der Waals surface area contributed by atoms with Crippen LogP contribution in [0.25, 0.3) is 0 Å². The third-order valence-electron chi connectivity index (χ3n) is 3.72. The Hall–Kier alpha value is -1.71. The van der Waals surface area contributed by atoms with Gasteiger partial charge in [-0.05, 0) is 32.0 Å². The highest BCUT2D eigenvalue weighted by Gasteiger charge is 2.25. The maximum Gasteiger partial charge on any atom is 0.293 e. The van der Waals surface area contributed by atoms with E-state index in [1.807, 2.05) is 20.8 Å². The van der Waals surface area contributed by atoms with Gasteiger partial charge in [0.15, 0.2) is 0 Å². The van der Waals surface area contributed by atoms with E-state index in [-0.39, 0.29) is 22.2 Å². The summed E-state index contributed by atoms with van der Waals surface area (Å²) in [5, 5.41) is 14.1. The molecule has 0 aliphatic carbocycles. The van der Waals surface area contributed by atoms with Crippen LogP contribution in [0.5, 0.6) is 0 Å². The Morgan fingerprint density at radius 1 is 1.41 bits per heavy atom. The fourth-order valence-electron chi connectivity index (χ4n) is 1.59. The number of anilines is 1. The molecule has 0 amide bonds. The van der Waals surface area contributed by atoms with Crippen LogP contribution < -0.4 is 15.8 Å². The monoisotopic (exact) mass is 330 g/mol. The molecule has 0 radical (unpaired) electrons. The fourth-order valence-corrected chi connectivity index (χ4v) is 2.34. The standard InChI is InChI=1S/C13H22N4O4S/c1-9(2)13(3,14)8-16-11-6-5-10(22(20,21)15-4)7-12(11)17(18)19/h5-7,9,15-16H,8,14H2,1-4H3/t13-/m0/s1. The van der Waals surface area contributed by atoms with Crippen molar-refractivity contribution in [3.05, 3.63) is 28.3 Å². The molecule has 1 aromatic carbocycles. The van der Waals surface area contributed by atoms with Crippen molar-refractivity contribution in [1.29, 1.82) is 0 Å². The lowest BCUT2D eigenvalue weighted by atomic mass is 9.89. The van der Waals surface area contributed by atoms with E-state index < -0.39 is 20.5 Å². The molecule has 9 heteroatoms. The third kappa shape index (κ3) is 4.15. The van der Waals surface area contributed by atoms with Crippen molar-refractivity contribution >= 4 is 21.4 Å². The molecule has 0 fully saturated rings. The van der Waals surface area contributed by atoms with Gasteiger partial charge < -0.3 is 11.1 Å². The third-order valence-corrected chi connectivity index (χ3v) is 5.14. The SMILES string of the molecule is CNS(=O)(=O)c1ccc(NC[C@](C)(N)C(C)C)c([N+](=O)[O-])c1. The summed E-state index contributed by atoms with van der Waals surface area (Å²) in [5.74, 6) is 0.169. The van der Waals surface area contributed by atoms with Gasteiger partial charge >= 0.3 is 0 Å². The number of sulfonamides is 1. The van der Waals surface area contributed by atoms with Gasteiger partial charge in [0, 0.05) is 18.2 Å². The first-order valence-electron chi connectivity index (χ1n) is 6.76. The molecule has 124 valence electrons. The number of nitrogens with zero attached hydrogens (tertiary/aromatic N) is 1. The Morgan fingerprint density at radius 3 is 2.45 bits per heavy atom. The quantitative estimate of drug-likeness (QED) is 0.510. The minimum atomic E-state index is -3.73. The summed E-state index contributed by atoms with van der Waals surface area (Å²) in [4.78, 5) is 10.4. The van der Waals surface area contributed by atoms with Crippen LogP contribution in [-0.2, 0) is 10.0 Å². The molecule has 8 nitrogen and oxygen atoms in total. The molecule has 0 saturated heterocycles. The summed E-state index contributed by atoms with van der Waals surface area (Å²) in [6, 6.07) is 3.71. The molecule has 0 aliphatic rings. The number of nitro groups is 1. The van der Waals surface area contributed by atoms with Gasteiger partial charge in [0.2, 0.25) is 10.0 Å². The van der Waals surface area contributed by atoms with Crippen LogP contribution in [0.3, 0.4) is 0 Å². The lowest BCUT2D eigenvalue weighted by Gasteiger charge is -2.29. The molecule has 1 atom stereocenters. The van der Waals surface area contributed by atoms with Gasteiger partial charge in [-0.25, -0.2) is 13.1 Å². The highest BCUT2D eigenvalue weighted by atomic mass is 32.2. The van der Waals surface area contributed by atoms with E-state index in [0.29, 0.717) is 6.54 Å². The van der Waals surface area contributed by atoms with Crippen LogP contribution in [-0.4, -0.2) is 32.5 Å². The predicted octanol–water partition coefficient (Wildman–Crippen LogP) is 1.29. The van der Waals surface area contributed by atoms with E-state index in [1.165, 1.54) is 19.2 Å². The number of nitrogens with two attached hydrogens (primary N) is 1. The number of nitrogens with one attached hydrogen (secondary N) is 2. The van der Waals surface area contributed by atoms with Crippen LogP contribution in [0.15, 0.2) is 23.1 Å². The number of nitro benzene ring substituents is 1. The summed E-state index contributed by atoms with van der Waals surface area (Å²) in [6.45, 7) is 6.08. The second-order valence-electron chi connectivity index (χ2n) is 5.66. The van der Waals surface area contributed by atoms with Gasteiger partial charge in [0.05, 0.1) is 9.82 Å². The van der Waals surface area contributed by atoms with E-state index in [9.17, 15) is 18.5 Å². The Kier molecular flexibility index (Phi) is 5.49. The zero-order valence-corrected chi connectivity index (χ0v) is 13.9. The van der Waals surface area contributed by atoms with Crippen LogP contribution >= 0.6 is 0 Å². The largest absolute Gasteiger partial charge is 0.378 e. The predicted molar refractivity (Wildman–Crippen MR) is 85.3 cm³/mol. The highest BCUT2D eigenvalue weighted by Crippen LogP contribution is 2.28. The molecule has 1 aromatic rings. The van der Waals surface area contributed by atoms with Crippen LogP contribution in [0, 0.1) is 16.0 Å². The maximum absolute atomic E-state index is 11.7. The van der Waals surface area contributed by atoms with Gasteiger partial charge in [0.1, 0.15) is 5.69 Å². The van der Waals surface area contributed by atoms with E-state index >= 15 is 0 Å². The topological polar surface area (TPSA) is 127 Å². The first-order valence-corrected chi connectivity index (χ1v) is 8.24. The Balaban J connectivity index is 3.15. The van der Waals surface area contributed by atoms with Crippen molar-refractivity contribution in [2.45, 2.75) is 31.2 Å². The van der Waals surface area contributed by atoms with Gasteiger partial charge in [0.25, 0.3) is 5.69 Å².